The van der Waals surface area contributed by atoms with Gasteiger partial charge in [0.15, 0.2) is 0 Å². The van der Waals surface area contributed by atoms with Gasteiger partial charge in [-0.3, -0.25) is 0 Å². The molecule has 0 aromatic rings. The van der Waals surface area contributed by atoms with Gasteiger partial charge >= 0.3 is 0 Å². The quantitative estimate of drug-likeness (QED) is 0.610. The molecule has 2 nitrogen and oxygen atoms in total. The molecule has 0 aliphatic rings. The van der Waals surface area contributed by atoms with Gasteiger partial charge in [0.1, 0.15) is 0 Å². The molecule has 0 spiro atoms. The molecule has 0 radical (unpaired) electrons. The van der Waals surface area contributed by atoms with Gasteiger partial charge in [-0.2, -0.15) is 0 Å². The Morgan fingerprint density at radius 2 is 1.79 bits per heavy atom. The molecule has 0 fully saturated rings. The van der Waals surface area contributed by atoms with Gasteiger partial charge < -0.3 is 10.1 Å². The highest BCUT2D eigenvalue weighted by molar-refractivity contribution is 4.64. The summed E-state index contributed by atoms with van der Waals surface area (Å²) in [7, 11) is 0. The van der Waals surface area contributed by atoms with Gasteiger partial charge in [0.2, 0.25) is 0 Å². The van der Waals surface area contributed by atoms with Gasteiger partial charge in [-0.25, -0.2) is 0 Å². The molecule has 14 heavy (non-hydrogen) atoms. The van der Waals surface area contributed by atoms with Crippen molar-refractivity contribution in [2.45, 2.75) is 59.7 Å². The lowest BCUT2D eigenvalue weighted by atomic mass is 10.1. The fraction of sp³-hybridized carbons (Fsp3) is 1.00. The fourth-order valence-corrected chi connectivity index (χ4v) is 1.19. The molecule has 0 saturated carbocycles. The molecule has 0 rings (SSSR count). The molecular formula is C12H27NO. The van der Waals surface area contributed by atoms with E-state index in [1.54, 1.807) is 0 Å². The van der Waals surface area contributed by atoms with E-state index in [1.165, 1.54) is 6.42 Å². The maximum atomic E-state index is 5.95. The number of hydrogen-bond donors (Lipinski definition) is 1. The SMILES string of the molecule is CCCNCC(CC)OC(C)C(C)C. The molecule has 0 bridgehead atoms. The summed E-state index contributed by atoms with van der Waals surface area (Å²) in [6.07, 6.45) is 3.02. The number of nitrogens with one attached hydrogen (secondary N) is 1. The second-order valence-corrected chi connectivity index (χ2v) is 4.32. The van der Waals surface area contributed by atoms with E-state index >= 15 is 0 Å². The van der Waals surface area contributed by atoms with Crippen LogP contribution in [0.5, 0.6) is 0 Å². The summed E-state index contributed by atoms with van der Waals surface area (Å²) < 4.78 is 5.95. The lowest BCUT2D eigenvalue weighted by molar-refractivity contribution is -0.0255. The molecule has 2 unspecified atom stereocenters. The largest absolute Gasteiger partial charge is 0.374 e. The molecule has 1 N–H and O–H groups in total. The van der Waals surface area contributed by atoms with Crippen LogP contribution in [0.25, 0.3) is 0 Å². The van der Waals surface area contributed by atoms with Crippen molar-refractivity contribution < 1.29 is 4.74 Å². The highest BCUT2D eigenvalue weighted by atomic mass is 16.5. The lowest BCUT2D eigenvalue weighted by Gasteiger charge is -2.24. The van der Waals surface area contributed by atoms with Crippen molar-refractivity contribution in [2.24, 2.45) is 5.92 Å². The van der Waals surface area contributed by atoms with Crippen LogP contribution in [0.1, 0.15) is 47.5 Å². The number of hydrogen-bond acceptors (Lipinski definition) is 2. The average Bonchev–Trinajstić information content (AvgIpc) is 2.16. The summed E-state index contributed by atoms with van der Waals surface area (Å²) in [5.41, 5.74) is 0. The van der Waals surface area contributed by atoms with Crippen LogP contribution in [-0.4, -0.2) is 25.3 Å². The molecule has 86 valence electrons. The van der Waals surface area contributed by atoms with Gasteiger partial charge in [0.05, 0.1) is 12.2 Å². The normalized spacial score (nSPS) is 15.9. The van der Waals surface area contributed by atoms with Crippen molar-refractivity contribution in [3.05, 3.63) is 0 Å². The summed E-state index contributed by atoms with van der Waals surface area (Å²) in [6.45, 7) is 13.0. The minimum atomic E-state index is 0.364. The molecule has 0 aliphatic heterocycles. The summed E-state index contributed by atoms with van der Waals surface area (Å²) in [5, 5.41) is 3.41. The van der Waals surface area contributed by atoms with Crippen LogP contribution in [0.2, 0.25) is 0 Å². The maximum absolute atomic E-state index is 5.95. The van der Waals surface area contributed by atoms with Crippen molar-refractivity contribution in [2.75, 3.05) is 13.1 Å². The van der Waals surface area contributed by atoms with Crippen LogP contribution < -0.4 is 5.32 Å². The third kappa shape index (κ3) is 6.39. The lowest BCUT2D eigenvalue weighted by Crippen LogP contribution is -2.33. The Bertz CT molecular complexity index is 125. The van der Waals surface area contributed by atoms with E-state index in [2.05, 4.69) is 39.9 Å². The molecule has 0 heterocycles. The molecular weight excluding hydrogens is 174 g/mol. The Labute approximate surface area is 89.4 Å². The fourth-order valence-electron chi connectivity index (χ4n) is 1.19. The zero-order valence-corrected chi connectivity index (χ0v) is 10.5. The van der Waals surface area contributed by atoms with Crippen LogP contribution in [0, 0.1) is 5.92 Å². The highest BCUT2D eigenvalue weighted by Crippen LogP contribution is 2.09. The average molecular weight is 201 g/mol. The van der Waals surface area contributed by atoms with Crippen molar-refractivity contribution in [1.29, 1.82) is 0 Å². The van der Waals surface area contributed by atoms with E-state index in [0.29, 0.717) is 18.1 Å². The maximum Gasteiger partial charge on any atom is 0.0700 e. The molecule has 2 atom stereocenters. The van der Waals surface area contributed by atoms with Crippen LogP contribution in [0.4, 0.5) is 0 Å². The second-order valence-electron chi connectivity index (χ2n) is 4.32. The van der Waals surface area contributed by atoms with Gasteiger partial charge in [0.25, 0.3) is 0 Å². The summed E-state index contributed by atoms with van der Waals surface area (Å²) >= 11 is 0. The van der Waals surface area contributed by atoms with Crippen LogP contribution >= 0.6 is 0 Å². The van der Waals surface area contributed by atoms with Crippen LogP contribution in [0.3, 0.4) is 0 Å². The van der Waals surface area contributed by atoms with E-state index in [4.69, 9.17) is 4.74 Å². The third-order valence-electron chi connectivity index (χ3n) is 2.60. The minimum Gasteiger partial charge on any atom is -0.374 e. The van der Waals surface area contributed by atoms with Crippen LogP contribution in [0.15, 0.2) is 0 Å². The summed E-state index contributed by atoms with van der Waals surface area (Å²) in [5.74, 6) is 0.607. The highest BCUT2D eigenvalue weighted by Gasteiger charge is 2.13. The first-order chi connectivity index (χ1) is 6.61. The van der Waals surface area contributed by atoms with E-state index in [0.717, 1.165) is 19.5 Å². The zero-order valence-electron chi connectivity index (χ0n) is 10.5. The first kappa shape index (κ1) is 13.9. The van der Waals surface area contributed by atoms with Gasteiger partial charge in [-0.05, 0) is 32.2 Å². The van der Waals surface area contributed by atoms with E-state index in [1.807, 2.05) is 0 Å². The molecule has 0 amide bonds. The third-order valence-corrected chi connectivity index (χ3v) is 2.60. The minimum absolute atomic E-state index is 0.364. The monoisotopic (exact) mass is 201 g/mol. The first-order valence-corrected chi connectivity index (χ1v) is 5.97. The summed E-state index contributed by atoms with van der Waals surface area (Å²) in [4.78, 5) is 0. The Morgan fingerprint density at radius 3 is 2.21 bits per heavy atom. The predicted octanol–water partition coefficient (Wildman–Crippen LogP) is 2.83. The number of rotatable bonds is 8. The molecule has 0 saturated heterocycles. The first-order valence-electron chi connectivity index (χ1n) is 5.97. The molecule has 0 aromatic carbocycles. The molecule has 2 heteroatoms. The predicted molar refractivity (Wildman–Crippen MR) is 62.6 cm³/mol. The van der Waals surface area contributed by atoms with E-state index in [-0.39, 0.29) is 0 Å². The number of ether oxygens (including phenoxy) is 1. The Balaban J connectivity index is 3.67. The second kappa shape index (κ2) is 8.25. The van der Waals surface area contributed by atoms with Gasteiger partial charge in [-0.1, -0.05) is 27.7 Å². The van der Waals surface area contributed by atoms with E-state index in [9.17, 15) is 0 Å². The Morgan fingerprint density at radius 1 is 1.14 bits per heavy atom. The van der Waals surface area contributed by atoms with Crippen molar-refractivity contribution >= 4 is 0 Å². The standard InChI is InChI=1S/C12H27NO/c1-6-8-13-9-12(7-2)14-11(5)10(3)4/h10-13H,6-9H2,1-5H3. The Hall–Kier alpha value is -0.0800. The Kier molecular flexibility index (Phi) is 8.20. The summed E-state index contributed by atoms with van der Waals surface area (Å²) in [6, 6.07) is 0. The zero-order chi connectivity index (χ0) is 11.0. The topological polar surface area (TPSA) is 21.3 Å². The molecule has 0 aliphatic carbocycles. The van der Waals surface area contributed by atoms with Crippen molar-refractivity contribution in [3.63, 3.8) is 0 Å². The van der Waals surface area contributed by atoms with Crippen LogP contribution in [-0.2, 0) is 4.74 Å². The van der Waals surface area contributed by atoms with E-state index < -0.39 is 0 Å². The van der Waals surface area contributed by atoms with Gasteiger partial charge in [-0.15, -0.1) is 0 Å². The van der Waals surface area contributed by atoms with Crippen molar-refractivity contribution in [1.82, 2.24) is 5.32 Å². The van der Waals surface area contributed by atoms with Gasteiger partial charge in [0, 0.05) is 6.54 Å². The smallest absolute Gasteiger partial charge is 0.0700 e. The van der Waals surface area contributed by atoms with Crippen molar-refractivity contribution in [3.8, 4) is 0 Å². The molecule has 0 aromatic heterocycles.